The van der Waals surface area contributed by atoms with Gasteiger partial charge in [0.1, 0.15) is 0 Å². The lowest BCUT2D eigenvalue weighted by molar-refractivity contribution is -0.132. The number of amides is 1. The molecule has 94 valence electrons. The third-order valence-corrected chi connectivity index (χ3v) is 3.26. The smallest absolute Gasteiger partial charge is 0.223 e. The molecule has 0 spiro atoms. The van der Waals surface area contributed by atoms with E-state index in [1.54, 1.807) is 6.92 Å². The van der Waals surface area contributed by atoms with E-state index in [0.29, 0.717) is 24.6 Å². The van der Waals surface area contributed by atoms with Crippen LogP contribution in [0.5, 0.6) is 0 Å². The molecule has 0 aromatic carbocycles. The highest BCUT2D eigenvalue weighted by atomic mass is 16.4. The minimum Gasteiger partial charge on any atom is -0.426 e. The van der Waals surface area contributed by atoms with Gasteiger partial charge in [-0.1, -0.05) is 6.92 Å². The minimum absolute atomic E-state index is 0.202. The molecule has 1 aromatic heterocycles. The Hall–Kier alpha value is -1.39. The normalized spacial score (nSPS) is 17.4. The van der Waals surface area contributed by atoms with Crippen molar-refractivity contribution < 1.29 is 9.21 Å². The number of rotatable bonds is 3. The predicted octanol–water partition coefficient (Wildman–Crippen LogP) is 1.57. The molecule has 0 unspecified atom stereocenters. The van der Waals surface area contributed by atoms with Crippen molar-refractivity contribution in [3.63, 3.8) is 0 Å². The second-order valence-corrected chi connectivity index (χ2v) is 4.78. The summed E-state index contributed by atoms with van der Waals surface area (Å²) in [6, 6.07) is 0. The van der Waals surface area contributed by atoms with Gasteiger partial charge in [0.25, 0.3) is 0 Å². The third-order valence-electron chi connectivity index (χ3n) is 3.26. The summed E-state index contributed by atoms with van der Waals surface area (Å²) in [5, 5.41) is 7.63. The molecule has 0 saturated carbocycles. The van der Waals surface area contributed by atoms with Crippen molar-refractivity contribution in [2.24, 2.45) is 5.92 Å². The average molecular weight is 237 g/mol. The number of nitrogens with zero attached hydrogens (tertiary/aromatic N) is 3. The molecule has 1 fully saturated rings. The van der Waals surface area contributed by atoms with E-state index in [4.69, 9.17) is 4.42 Å². The molecule has 1 amide bonds. The number of likely N-dealkylation sites (tertiary alicyclic amines) is 1. The first kappa shape index (κ1) is 12.1. The molecule has 2 rings (SSSR count). The fraction of sp³-hybridized carbons (Fsp3) is 0.750. The molecule has 0 bridgehead atoms. The zero-order valence-corrected chi connectivity index (χ0v) is 10.5. The Labute approximate surface area is 101 Å². The Morgan fingerprint density at radius 1 is 1.41 bits per heavy atom. The van der Waals surface area contributed by atoms with Gasteiger partial charge in [-0.15, -0.1) is 10.2 Å². The monoisotopic (exact) mass is 237 g/mol. The van der Waals surface area contributed by atoms with Crippen LogP contribution in [-0.2, 0) is 11.2 Å². The van der Waals surface area contributed by atoms with Gasteiger partial charge in [0.05, 0.1) is 0 Å². The molecule has 17 heavy (non-hydrogen) atoms. The molecule has 2 heterocycles. The molecule has 1 aliphatic heterocycles. The first-order chi connectivity index (χ1) is 8.15. The summed E-state index contributed by atoms with van der Waals surface area (Å²) in [5.41, 5.74) is 0. The molecule has 1 aliphatic rings. The third kappa shape index (κ3) is 3.28. The minimum atomic E-state index is 0.202. The highest BCUT2D eigenvalue weighted by molar-refractivity contribution is 5.76. The maximum atomic E-state index is 11.9. The van der Waals surface area contributed by atoms with Crippen molar-refractivity contribution in [2.45, 2.75) is 39.5 Å². The lowest BCUT2D eigenvalue weighted by Crippen LogP contribution is -2.38. The van der Waals surface area contributed by atoms with Crippen LogP contribution in [0.1, 0.15) is 38.0 Å². The lowest BCUT2D eigenvalue weighted by atomic mass is 9.99. The van der Waals surface area contributed by atoms with Crippen LogP contribution in [0.3, 0.4) is 0 Å². The lowest BCUT2D eigenvalue weighted by Gasteiger charge is -2.30. The van der Waals surface area contributed by atoms with Gasteiger partial charge in [-0.3, -0.25) is 4.79 Å². The standard InChI is InChI=1S/C12H19N3O2/c1-9-5-7-15(8-6-9)12(16)4-3-11-14-13-10(2)17-11/h9H,3-8H2,1-2H3. The van der Waals surface area contributed by atoms with Crippen LogP contribution < -0.4 is 0 Å². The Kier molecular flexibility index (Phi) is 3.76. The van der Waals surface area contributed by atoms with Gasteiger partial charge >= 0.3 is 0 Å². The van der Waals surface area contributed by atoms with Crippen molar-refractivity contribution in [1.82, 2.24) is 15.1 Å². The van der Waals surface area contributed by atoms with Crippen LogP contribution in [-0.4, -0.2) is 34.1 Å². The Morgan fingerprint density at radius 2 is 2.12 bits per heavy atom. The maximum absolute atomic E-state index is 11.9. The predicted molar refractivity (Wildman–Crippen MR) is 62.3 cm³/mol. The number of carbonyl (C=O) groups is 1. The van der Waals surface area contributed by atoms with E-state index in [9.17, 15) is 4.79 Å². The highest BCUT2D eigenvalue weighted by Gasteiger charge is 2.20. The topological polar surface area (TPSA) is 59.2 Å². The maximum Gasteiger partial charge on any atom is 0.223 e. The molecule has 5 nitrogen and oxygen atoms in total. The Bertz CT molecular complexity index is 381. The summed E-state index contributed by atoms with van der Waals surface area (Å²) in [5.74, 6) is 2.06. The van der Waals surface area contributed by atoms with E-state index in [1.165, 1.54) is 0 Å². The van der Waals surface area contributed by atoms with Crippen LogP contribution in [0.15, 0.2) is 4.42 Å². The molecule has 0 atom stereocenters. The zero-order valence-electron chi connectivity index (χ0n) is 10.5. The Balaban J connectivity index is 1.77. The van der Waals surface area contributed by atoms with Gasteiger partial charge in [-0.25, -0.2) is 0 Å². The average Bonchev–Trinajstić information content (AvgIpc) is 2.73. The van der Waals surface area contributed by atoms with Crippen molar-refractivity contribution in [2.75, 3.05) is 13.1 Å². The van der Waals surface area contributed by atoms with Crippen LogP contribution in [0, 0.1) is 12.8 Å². The number of aromatic nitrogens is 2. The van der Waals surface area contributed by atoms with E-state index in [0.717, 1.165) is 31.8 Å². The first-order valence-corrected chi connectivity index (χ1v) is 6.22. The van der Waals surface area contributed by atoms with Crippen LogP contribution in [0.25, 0.3) is 0 Å². The SMILES string of the molecule is Cc1nnc(CCC(=O)N2CCC(C)CC2)o1. The molecule has 0 radical (unpaired) electrons. The van der Waals surface area contributed by atoms with Crippen molar-refractivity contribution in [1.29, 1.82) is 0 Å². The van der Waals surface area contributed by atoms with E-state index in [2.05, 4.69) is 17.1 Å². The number of hydrogen-bond acceptors (Lipinski definition) is 4. The number of carbonyl (C=O) groups excluding carboxylic acids is 1. The highest BCUT2D eigenvalue weighted by Crippen LogP contribution is 2.17. The van der Waals surface area contributed by atoms with Crippen molar-refractivity contribution >= 4 is 5.91 Å². The summed E-state index contributed by atoms with van der Waals surface area (Å²) >= 11 is 0. The quantitative estimate of drug-likeness (QED) is 0.800. The van der Waals surface area contributed by atoms with Crippen LogP contribution in [0.2, 0.25) is 0 Å². The molecule has 0 aliphatic carbocycles. The number of aryl methyl sites for hydroxylation is 2. The number of hydrogen-bond donors (Lipinski definition) is 0. The molecule has 0 N–H and O–H groups in total. The van der Waals surface area contributed by atoms with Gasteiger partial charge in [0.2, 0.25) is 17.7 Å². The second kappa shape index (κ2) is 5.29. The largest absolute Gasteiger partial charge is 0.426 e. The van der Waals surface area contributed by atoms with Crippen LogP contribution in [0.4, 0.5) is 0 Å². The van der Waals surface area contributed by atoms with Crippen molar-refractivity contribution in [3.8, 4) is 0 Å². The summed E-state index contributed by atoms with van der Waals surface area (Å²) in [6.07, 6.45) is 3.25. The fourth-order valence-corrected chi connectivity index (χ4v) is 2.07. The zero-order chi connectivity index (χ0) is 12.3. The molecule has 1 saturated heterocycles. The summed E-state index contributed by atoms with van der Waals surface area (Å²) in [4.78, 5) is 13.9. The van der Waals surface area contributed by atoms with E-state index in [-0.39, 0.29) is 5.91 Å². The Morgan fingerprint density at radius 3 is 2.71 bits per heavy atom. The molecule has 5 heteroatoms. The van der Waals surface area contributed by atoms with Crippen LogP contribution >= 0.6 is 0 Å². The molecule has 1 aromatic rings. The van der Waals surface area contributed by atoms with Gasteiger partial charge < -0.3 is 9.32 Å². The van der Waals surface area contributed by atoms with Gasteiger partial charge in [0, 0.05) is 32.9 Å². The number of piperidine rings is 1. The summed E-state index contributed by atoms with van der Waals surface area (Å²) in [7, 11) is 0. The summed E-state index contributed by atoms with van der Waals surface area (Å²) < 4.78 is 5.25. The summed E-state index contributed by atoms with van der Waals surface area (Å²) in [6.45, 7) is 5.78. The fourth-order valence-electron chi connectivity index (χ4n) is 2.07. The molecular weight excluding hydrogens is 218 g/mol. The van der Waals surface area contributed by atoms with Crippen molar-refractivity contribution in [3.05, 3.63) is 11.8 Å². The second-order valence-electron chi connectivity index (χ2n) is 4.78. The van der Waals surface area contributed by atoms with E-state index >= 15 is 0 Å². The van der Waals surface area contributed by atoms with E-state index in [1.807, 2.05) is 4.90 Å². The van der Waals surface area contributed by atoms with Gasteiger partial charge in [-0.05, 0) is 18.8 Å². The first-order valence-electron chi connectivity index (χ1n) is 6.22. The van der Waals surface area contributed by atoms with E-state index < -0.39 is 0 Å². The van der Waals surface area contributed by atoms with Gasteiger partial charge in [0.15, 0.2) is 0 Å². The van der Waals surface area contributed by atoms with Gasteiger partial charge in [-0.2, -0.15) is 0 Å². The molecular formula is C12H19N3O2.